The average Bonchev–Trinajstić information content (AvgIpc) is 2.96. The molecule has 0 aromatic carbocycles. The van der Waals surface area contributed by atoms with Gasteiger partial charge < -0.3 is 14.5 Å². The highest BCUT2D eigenvalue weighted by atomic mass is 16.5. The number of rotatable bonds is 6. The van der Waals surface area contributed by atoms with Crippen molar-refractivity contribution in [1.82, 2.24) is 5.32 Å². The van der Waals surface area contributed by atoms with Gasteiger partial charge in [-0.05, 0) is 37.8 Å². The SMILES string of the molecule is CCCNC(CC1CCOC1)c1ccoc1. The maximum Gasteiger partial charge on any atom is 0.0950 e. The van der Waals surface area contributed by atoms with E-state index < -0.39 is 0 Å². The van der Waals surface area contributed by atoms with E-state index in [-0.39, 0.29) is 0 Å². The molecule has 1 aliphatic heterocycles. The summed E-state index contributed by atoms with van der Waals surface area (Å²) in [4.78, 5) is 0. The minimum atomic E-state index is 0.422. The Labute approximate surface area is 97.2 Å². The Balaban J connectivity index is 1.91. The van der Waals surface area contributed by atoms with Gasteiger partial charge in [-0.3, -0.25) is 0 Å². The van der Waals surface area contributed by atoms with E-state index in [9.17, 15) is 0 Å². The van der Waals surface area contributed by atoms with Crippen LogP contribution >= 0.6 is 0 Å². The molecule has 1 fully saturated rings. The first-order chi connectivity index (χ1) is 7.90. The number of hydrogen-bond donors (Lipinski definition) is 1. The van der Waals surface area contributed by atoms with Crippen molar-refractivity contribution in [3.63, 3.8) is 0 Å². The molecule has 0 saturated carbocycles. The highest BCUT2D eigenvalue weighted by molar-refractivity contribution is 5.11. The van der Waals surface area contributed by atoms with Gasteiger partial charge in [-0.2, -0.15) is 0 Å². The number of furan rings is 1. The summed E-state index contributed by atoms with van der Waals surface area (Å²) >= 11 is 0. The minimum Gasteiger partial charge on any atom is -0.472 e. The third-order valence-corrected chi connectivity index (χ3v) is 3.18. The summed E-state index contributed by atoms with van der Waals surface area (Å²) in [5.74, 6) is 0.698. The van der Waals surface area contributed by atoms with Crippen molar-refractivity contribution in [2.75, 3.05) is 19.8 Å². The van der Waals surface area contributed by atoms with Gasteiger partial charge in [0.1, 0.15) is 0 Å². The lowest BCUT2D eigenvalue weighted by molar-refractivity contribution is 0.181. The van der Waals surface area contributed by atoms with E-state index in [1.807, 2.05) is 6.26 Å². The summed E-state index contributed by atoms with van der Waals surface area (Å²) in [6, 6.07) is 2.48. The molecular weight excluding hydrogens is 202 g/mol. The molecule has 0 spiro atoms. The number of hydrogen-bond acceptors (Lipinski definition) is 3. The Morgan fingerprint density at radius 3 is 3.12 bits per heavy atom. The fourth-order valence-electron chi connectivity index (χ4n) is 2.23. The third kappa shape index (κ3) is 3.09. The second-order valence-corrected chi connectivity index (χ2v) is 4.53. The second-order valence-electron chi connectivity index (χ2n) is 4.53. The Morgan fingerprint density at radius 1 is 1.56 bits per heavy atom. The second kappa shape index (κ2) is 6.06. The maximum atomic E-state index is 5.43. The van der Waals surface area contributed by atoms with Crippen molar-refractivity contribution in [3.05, 3.63) is 24.2 Å². The smallest absolute Gasteiger partial charge is 0.0950 e. The van der Waals surface area contributed by atoms with Crippen LogP contribution in [0.2, 0.25) is 0 Å². The molecule has 1 aromatic rings. The summed E-state index contributed by atoms with van der Waals surface area (Å²) in [5, 5.41) is 3.58. The lowest BCUT2D eigenvalue weighted by Crippen LogP contribution is -2.24. The first-order valence-electron chi connectivity index (χ1n) is 6.23. The minimum absolute atomic E-state index is 0.422. The zero-order chi connectivity index (χ0) is 11.2. The quantitative estimate of drug-likeness (QED) is 0.805. The molecule has 1 saturated heterocycles. The van der Waals surface area contributed by atoms with Crippen molar-refractivity contribution < 1.29 is 9.15 Å². The van der Waals surface area contributed by atoms with E-state index >= 15 is 0 Å². The highest BCUT2D eigenvalue weighted by Crippen LogP contribution is 2.26. The van der Waals surface area contributed by atoms with Gasteiger partial charge in [0, 0.05) is 24.8 Å². The molecule has 2 heterocycles. The van der Waals surface area contributed by atoms with Crippen LogP contribution in [-0.2, 0) is 4.74 Å². The van der Waals surface area contributed by atoms with Gasteiger partial charge in [-0.15, -0.1) is 0 Å². The standard InChI is InChI=1S/C13H21NO2/c1-2-5-14-13(12-4-7-16-10-12)8-11-3-6-15-9-11/h4,7,10-11,13-14H,2-3,5-6,8-9H2,1H3. The van der Waals surface area contributed by atoms with Gasteiger partial charge in [0.2, 0.25) is 0 Å². The van der Waals surface area contributed by atoms with Crippen LogP contribution in [0.4, 0.5) is 0 Å². The molecule has 2 rings (SSSR count). The van der Waals surface area contributed by atoms with E-state index in [2.05, 4.69) is 18.3 Å². The topological polar surface area (TPSA) is 34.4 Å². The third-order valence-electron chi connectivity index (χ3n) is 3.18. The van der Waals surface area contributed by atoms with Crippen LogP contribution in [0.3, 0.4) is 0 Å². The molecule has 3 nitrogen and oxygen atoms in total. The first kappa shape index (κ1) is 11.7. The summed E-state index contributed by atoms with van der Waals surface area (Å²) in [5.41, 5.74) is 1.26. The maximum absolute atomic E-state index is 5.43. The fourth-order valence-corrected chi connectivity index (χ4v) is 2.23. The summed E-state index contributed by atoms with van der Waals surface area (Å²) in [6.07, 6.45) is 7.11. The monoisotopic (exact) mass is 223 g/mol. The molecule has 0 amide bonds. The fraction of sp³-hybridized carbons (Fsp3) is 0.692. The normalized spacial score (nSPS) is 22.4. The van der Waals surface area contributed by atoms with Gasteiger partial charge in [-0.1, -0.05) is 6.92 Å². The molecule has 3 heteroatoms. The summed E-state index contributed by atoms with van der Waals surface area (Å²) < 4.78 is 10.6. The average molecular weight is 223 g/mol. The van der Waals surface area contributed by atoms with Crippen molar-refractivity contribution in [3.8, 4) is 0 Å². The molecule has 0 aliphatic carbocycles. The molecule has 1 aromatic heterocycles. The number of nitrogens with one attached hydrogen (secondary N) is 1. The Morgan fingerprint density at radius 2 is 2.50 bits per heavy atom. The van der Waals surface area contributed by atoms with Gasteiger partial charge >= 0.3 is 0 Å². The predicted molar refractivity (Wildman–Crippen MR) is 63.3 cm³/mol. The molecule has 1 N–H and O–H groups in total. The molecule has 1 aliphatic rings. The van der Waals surface area contributed by atoms with Crippen LogP contribution in [0, 0.1) is 5.92 Å². The van der Waals surface area contributed by atoms with Crippen molar-refractivity contribution in [1.29, 1.82) is 0 Å². The zero-order valence-electron chi connectivity index (χ0n) is 9.95. The lowest BCUT2D eigenvalue weighted by atomic mass is 9.95. The summed E-state index contributed by atoms with van der Waals surface area (Å²) in [6.45, 7) is 5.10. The van der Waals surface area contributed by atoms with Crippen molar-refractivity contribution >= 4 is 0 Å². The van der Waals surface area contributed by atoms with Crippen molar-refractivity contribution in [2.45, 2.75) is 32.2 Å². The summed E-state index contributed by atoms with van der Waals surface area (Å²) in [7, 11) is 0. The largest absolute Gasteiger partial charge is 0.472 e. The van der Waals surface area contributed by atoms with E-state index in [0.717, 1.165) is 32.6 Å². The van der Waals surface area contributed by atoms with Gasteiger partial charge in [0.05, 0.1) is 12.5 Å². The highest BCUT2D eigenvalue weighted by Gasteiger charge is 2.21. The van der Waals surface area contributed by atoms with Gasteiger partial charge in [-0.25, -0.2) is 0 Å². The Kier molecular flexibility index (Phi) is 4.43. The van der Waals surface area contributed by atoms with Crippen LogP contribution in [0.1, 0.15) is 37.8 Å². The van der Waals surface area contributed by atoms with Crippen LogP contribution in [0.15, 0.2) is 23.0 Å². The molecule has 90 valence electrons. The van der Waals surface area contributed by atoms with Gasteiger partial charge in [0.15, 0.2) is 0 Å². The van der Waals surface area contributed by atoms with E-state index in [0.29, 0.717) is 12.0 Å². The lowest BCUT2D eigenvalue weighted by Gasteiger charge is -2.20. The van der Waals surface area contributed by atoms with E-state index in [1.165, 1.54) is 12.0 Å². The molecule has 0 radical (unpaired) electrons. The van der Waals surface area contributed by atoms with Crippen LogP contribution in [0.5, 0.6) is 0 Å². The van der Waals surface area contributed by atoms with Crippen LogP contribution in [0.25, 0.3) is 0 Å². The molecule has 2 unspecified atom stereocenters. The molecule has 16 heavy (non-hydrogen) atoms. The predicted octanol–water partition coefficient (Wildman–Crippen LogP) is 2.75. The molecule has 2 atom stereocenters. The molecular formula is C13H21NO2. The van der Waals surface area contributed by atoms with Crippen LogP contribution in [-0.4, -0.2) is 19.8 Å². The van der Waals surface area contributed by atoms with Gasteiger partial charge in [0.25, 0.3) is 0 Å². The zero-order valence-corrected chi connectivity index (χ0v) is 9.95. The van der Waals surface area contributed by atoms with E-state index in [4.69, 9.17) is 9.15 Å². The first-order valence-corrected chi connectivity index (χ1v) is 6.23. The van der Waals surface area contributed by atoms with Crippen molar-refractivity contribution in [2.24, 2.45) is 5.92 Å². The Hall–Kier alpha value is -0.800. The van der Waals surface area contributed by atoms with Crippen LogP contribution < -0.4 is 5.32 Å². The Bertz CT molecular complexity index is 278. The van der Waals surface area contributed by atoms with E-state index in [1.54, 1.807) is 6.26 Å². The molecule has 0 bridgehead atoms. The number of ether oxygens (including phenoxy) is 1.